The number of para-hydroxylation sites is 1. The zero-order valence-corrected chi connectivity index (χ0v) is 9.72. The molecule has 77 valence electrons. The molecule has 3 rings (SSSR count). The molecular weight excluding hydrogens is 240 g/mol. The minimum atomic E-state index is 0.675. The minimum absolute atomic E-state index is 0.675. The molecule has 1 aromatic carbocycles. The Kier molecular flexibility index (Phi) is 2.35. The predicted octanol–water partition coefficient (Wildman–Crippen LogP) is 3.81. The fourth-order valence-corrected chi connectivity index (χ4v) is 2.32. The van der Waals surface area contributed by atoms with Gasteiger partial charge in [0.15, 0.2) is 5.51 Å². The van der Waals surface area contributed by atoms with Crippen molar-refractivity contribution in [2.75, 3.05) is 0 Å². The molecule has 0 bridgehead atoms. The van der Waals surface area contributed by atoms with Crippen LogP contribution in [0.4, 0.5) is 0 Å². The molecule has 3 aromatic rings. The lowest BCUT2D eigenvalue weighted by Gasteiger charge is -2.01. The molecule has 2 nitrogen and oxygen atoms in total. The number of halogens is 1. The van der Waals surface area contributed by atoms with E-state index in [1.54, 1.807) is 6.20 Å². The maximum atomic E-state index is 6.05. The third-order valence-corrected chi connectivity index (χ3v) is 3.19. The van der Waals surface area contributed by atoms with E-state index in [1.165, 1.54) is 11.3 Å². The number of aromatic nitrogens is 2. The van der Waals surface area contributed by atoms with Gasteiger partial charge in [-0.1, -0.05) is 23.7 Å². The number of thiazole rings is 1. The van der Waals surface area contributed by atoms with E-state index in [0.717, 1.165) is 22.2 Å². The molecule has 2 aromatic heterocycles. The highest BCUT2D eigenvalue weighted by Crippen LogP contribution is 2.25. The first-order chi connectivity index (χ1) is 7.84. The van der Waals surface area contributed by atoms with Gasteiger partial charge in [0.2, 0.25) is 0 Å². The molecule has 0 saturated heterocycles. The molecule has 2 heterocycles. The monoisotopic (exact) mass is 245 g/mol. The second-order valence-electron chi connectivity index (χ2n) is 3.36. The molecule has 0 spiro atoms. The van der Waals surface area contributed by atoms with Gasteiger partial charge in [-0.2, -0.15) is 0 Å². The Bertz CT molecular complexity index is 635. The second kappa shape index (κ2) is 3.85. The molecule has 0 amide bonds. The molecular formula is C12H6ClN2S. The normalized spacial score (nSPS) is 10.8. The van der Waals surface area contributed by atoms with E-state index in [4.69, 9.17) is 11.6 Å². The van der Waals surface area contributed by atoms with Crippen LogP contribution in [0.25, 0.3) is 22.2 Å². The number of rotatable bonds is 1. The number of nitrogens with zero attached hydrogens (tertiary/aromatic N) is 2. The van der Waals surface area contributed by atoms with Gasteiger partial charge in [0, 0.05) is 22.5 Å². The highest BCUT2D eigenvalue weighted by molar-refractivity contribution is 7.07. The van der Waals surface area contributed by atoms with Crippen LogP contribution in [0.15, 0.2) is 35.8 Å². The first kappa shape index (κ1) is 9.75. The smallest absolute Gasteiger partial charge is 0.152 e. The SMILES string of the molecule is Clc1cccc2cc(-c3cs[c]n3)cnc12. The summed E-state index contributed by atoms with van der Waals surface area (Å²) in [7, 11) is 0. The maximum Gasteiger partial charge on any atom is 0.152 e. The Morgan fingerprint density at radius 3 is 3.06 bits per heavy atom. The maximum absolute atomic E-state index is 6.05. The van der Waals surface area contributed by atoms with E-state index in [0.29, 0.717) is 5.02 Å². The van der Waals surface area contributed by atoms with Crippen molar-refractivity contribution in [1.82, 2.24) is 9.97 Å². The summed E-state index contributed by atoms with van der Waals surface area (Å²) in [5, 5.41) is 3.65. The molecule has 0 saturated carbocycles. The van der Waals surface area contributed by atoms with Crippen LogP contribution in [-0.4, -0.2) is 9.97 Å². The lowest BCUT2D eigenvalue weighted by atomic mass is 10.1. The summed E-state index contributed by atoms with van der Waals surface area (Å²) in [6.07, 6.45) is 1.79. The van der Waals surface area contributed by atoms with Gasteiger partial charge in [0.05, 0.1) is 16.2 Å². The van der Waals surface area contributed by atoms with Crippen molar-refractivity contribution in [2.45, 2.75) is 0 Å². The quantitative estimate of drug-likeness (QED) is 0.652. The van der Waals surface area contributed by atoms with Gasteiger partial charge < -0.3 is 0 Å². The molecule has 0 aliphatic carbocycles. The van der Waals surface area contributed by atoms with Crippen molar-refractivity contribution in [1.29, 1.82) is 0 Å². The van der Waals surface area contributed by atoms with E-state index >= 15 is 0 Å². The summed E-state index contributed by atoms with van der Waals surface area (Å²) in [6.45, 7) is 0. The van der Waals surface area contributed by atoms with Crippen molar-refractivity contribution in [3.05, 3.63) is 46.4 Å². The summed E-state index contributed by atoms with van der Waals surface area (Å²) in [5.74, 6) is 0. The van der Waals surface area contributed by atoms with Crippen LogP contribution in [0, 0.1) is 5.51 Å². The molecule has 0 aliphatic heterocycles. The van der Waals surface area contributed by atoms with Crippen molar-refractivity contribution in [3.8, 4) is 11.3 Å². The Hall–Kier alpha value is -1.45. The fourth-order valence-electron chi connectivity index (χ4n) is 1.58. The summed E-state index contributed by atoms with van der Waals surface area (Å²) >= 11 is 7.51. The van der Waals surface area contributed by atoms with E-state index in [9.17, 15) is 0 Å². The van der Waals surface area contributed by atoms with Gasteiger partial charge in [-0.05, 0) is 12.1 Å². The predicted molar refractivity (Wildman–Crippen MR) is 66.7 cm³/mol. The number of hydrogen-bond donors (Lipinski definition) is 0. The number of hydrogen-bond acceptors (Lipinski definition) is 3. The topological polar surface area (TPSA) is 25.8 Å². The minimum Gasteiger partial charge on any atom is -0.254 e. The van der Waals surface area contributed by atoms with Crippen LogP contribution < -0.4 is 0 Å². The Balaban J connectivity index is 2.24. The van der Waals surface area contributed by atoms with E-state index in [1.807, 2.05) is 29.6 Å². The van der Waals surface area contributed by atoms with Crippen LogP contribution >= 0.6 is 22.9 Å². The van der Waals surface area contributed by atoms with E-state index < -0.39 is 0 Å². The van der Waals surface area contributed by atoms with Crippen LogP contribution in [0.1, 0.15) is 0 Å². The molecule has 0 atom stereocenters. The number of pyridine rings is 1. The van der Waals surface area contributed by atoms with Crippen LogP contribution in [0.5, 0.6) is 0 Å². The first-order valence-electron chi connectivity index (χ1n) is 4.71. The first-order valence-corrected chi connectivity index (χ1v) is 5.96. The van der Waals surface area contributed by atoms with Crippen molar-refractivity contribution in [2.24, 2.45) is 0 Å². The Morgan fingerprint density at radius 2 is 2.25 bits per heavy atom. The Morgan fingerprint density at radius 1 is 1.31 bits per heavy atom. The highest BCUT2D eigenvalue weighted by Gasteiger charge is 2.04. The Labute approximate surface area is 102 Å². The molecule has 16 heavy (non-hydrogen) atoms. The van der Waals surface area contributed by atoms with Gasteiger partial charge in [-0.15, -0.1) is 11.3 Å². The van der Waals surface area contributed by atoms with Crippen LogP contribution in [0.2, 0.25) is 5.02 Å². The van der Waals surface area contributed by atoms with E-state index in [2.05, 4.69) is 15.5 Å². The van der Waals surface area contributed by atoms with Gasteiger partial charge in [-0.25, -0.2) is 4.98 Å². The van der Waals surface area contributed by atoms with Gasteiger partial charge in [0.25, 0.3) is 0 Å². The zero-order chi connectivity index (χ0) is 11.0. The van der Waals surface area contributed by atoms with Crippen molar-refractivity contribution >= 4 is 33.8 Å². The average molecular weight is 246 g/mol. The van der Waals surface area contributed by atoms with Crippen LogP contribution in [-0.2, 0) is 0 Å². The summed E-state index contributed by atoms with van der Waals surface area (Å²) in [4.78, 5) is 8.49. The second-order valence-corrected chi connectivity index (χ2v) is 4.42. The number of fused-ring (bicyclic) bond motifs is 1. The van der Waals surface area contributed by atoms with Crippen molar-refractivity contribution < 1.29 is 0 Å². The molecule has 0 unspecified atom stereocenters. The summed E-state index contributed by atoms with van der Waals surface area (Å²) in [6, 6.07) is 7.79. The van der Waals surface area contributed by atoms with Gasteiger partial charge in [-0.3, -0.25) is 4.98 Å². The highest BCUT2D eigenvalue weighted by atomic mass is 35.5. The van der Waals surface area contributed by atoms with Crippen LogP contribution in [0.3, 0.4) is 0 Å². The third kappa shape index (κ3) is 1.58. The average Bonchev–Trinajstić information content (AvgIpc) is 2.82. The lowest BCUT2D eigenvalue weighted by molar-refractivity contribution is 1.35. The largest absolute Gasteiger partial charge is 0.254 e. The molecule has 4 heteroatoms. The fraction of sp³-hybridized carbons (Fsp3) is 0. The van der Waals surface area contributed by atoms with Crippen molar-refractivity contribution in [3.63, 3.8) is 0 Å². The molecule has 0 fully saturated rings. The van der Waals surface area contributed by atoms with E-state index in [-0.39, 0.29) is 0 Å². The standard InChI is InChI=1S/C12H6ClN2S/c13-10-3-1-2-8-4-9(5-14-12(8)10)11-6-16-7-15-11/h1-6H. The summed E-state index contributed by atoms with van der Waals surface area (Å²) < 4.78 is 0. The van der Waals surface area contributed by atoms with Gasteiger partial charge >= 0.3 is 0 Å². The summed E-state index contributed by atoms with van der Waals surface area (Å²) in [5.41, 5.74) is 5.55. The molecule has 0 N–H and O–H groups in total. The molecule has 0 aliphatic rings. The number of benzene rings is 1. The molecule has 1 radical (unpaired) electrons. The van der Waals surface area contributed by atoms with Gasteiger partial charge in [0.1, 0.15) is 0 Å². The zero-order valence-electron chi connectivity index (χ0n) is 8.14. The third-order valence-electron chi connectivity index (χ3n) is 2.35. The lowest BCUT2D eigenvalue weighted by Crippen LogP contribution is -1.83.